The zero-order valence-electron chi connectivity index (χ0n) is 22.4. The van der Waals surface area contributed by atoms with Crippen LogP contribution in [0.25, 0.3) is 22.8 Å². The van der Waals surface area contributed by atoms with Crippen molar-refractivity contribution in [2.75, 3.05) is 37.8 Å². The Hall–Kier alpha value is -3.05. The summed E-state index contributed by atoms with van der Waals surface area (Å²) in [6.45, 7) is 4.84. The van der Waals surface area contributed by atoms with E-state index < -0.39 is 6.04 Å². The highest BCUT2D eigenvalue weighted by Crippen LogP contribution is 2.29. The maximum absolute atomic E-state index is 12.3. The average Bonchev–Trinajstić information content (AvgIpc) is 3.36. The van der Waals surface area contributed by atoms with E-state index in [2.05, 4.69) is 61.2 Å². The van der Waals surface area contributed by atoms with Gasteiger partial charge in [0.15, 0.2) is 0 Å². The van der Waals surface area contributed by atoms with Crippen LogP contribution in [0.2, 0.25) is 0 Å². The SMILES string of the molecule is CC(C)Oc1ccc(-c2nc(-c3ccc4c(c3)CCN(CC(=O)NC(CO)CO)CC4)no2)cc1C#N.CI. The van der Waals surface area contributed by atoms with Gasteiger partial charge in [-0.2, -0.15) is 10.2 Å². The number of nitrogens with zero attached hydrogens (tertiary/aromatic N) is 4. The molecule has 2 heterocycles. The highest BCUT2D eigenvalue weighted by atomic mass is 127. The number of aliphatic hydroxyl groups excluding tert-OH is 2. The number of nitrogens with one attached hydrogen (secondary N) is 1. The third-order valence-electron chi connectivity index (χ3n) is 6.17. The van der Waals surface area contributed by atoms with E-state index in [0.717, 1.165) is 30.5 Å². The van der Waals surface area contributed by atoms with Gasteiger partial charge in [-0.25, -0.2) is 0 Å². The lowest BCUT2D eigenvalue weighted by Crippen LogP contribution is -2.45. The Bertz CT molecular complexity index is 1290. The van der Waals surface area contributed by atoms with Gasteiger partial charge >= 0.3 is 0 Å². The van der Waals surface area contributed by atoms with E-state index >= 15 is 0 Å². The fourth-order valence-electron chi connectivity index (χ4n) is 4.26. The largest absolute Gasteiger partial charge is 0.490 e. The minimum absolute atomic E-state index is 0.0460. The van der Waals surface area contributed by atoms with Crippen molar-refractivity contribution in [2.45, 2.75) is 38.8 Å². The van der Waals surface area contributed by atoms with Crippen LogP contribution in [0, 0.1) is 11.3 Å². The second-order valence-corrected chi connectivity index (χ2v) is 9.30. The molecule has 208 valence electrons. The highest BCUT2D eigenvalue weighted by molar-refractivity contribution is 14.1. The van der Waals surface area contributed by atoms with Crippen LogP contribution in [0.3, 0.4) is 0 Å². The number of aliphatic hydroxyl groups is 2. The van der Waals surface area contributed by atoms with Crippen LogP contribution in [0.1, 0.15) is 30.5 Å². The number of alkyl halides is 1. The van der Waals surface area contributed by atoms with E-state index in [0.29, 0.717) is 35.1 Å². The lowest BCUT2D eigenvalue weighted by atomic mass is 10.00. The van der Waals surface area contributed by atoms with E-state index in [1.165, 1.54) is 5.56 Å². The van der Waals surface area contributed by atoms with Crippen molar-refractivity contribution in [1.29, 1.82) is 5.26 Å². The van der Waals surface area contributed by atoms with Gasteiger partial charge in [-0.1, -0.05) is 39.9 Å². The van der Waals surface area contributed by atoms with Gasteiger partial charge in [0.05, 0.1) is 37.5 Å². The summed E-state index contributed by atoms with van der Waals surface area (Å²) in [7, 11) is 0. The van der Waals surface area contributed by atoms with Crippen LogP contribution in [-0.2, 0) is 17.6 Å². The van der Waals surface area contributed by atoms with Crippen molar-refractivity contribution in [1.82, 2.24) is 20.4 Å². The monoisotopic (exact) mass is 647 g/mol. The molecule has 0 aliphatic carbocycles. The van der Waals surface area contributed by atoms with Crippen molar-refractivity contribution in [2.24, 2.45) is 0 Å². The molecule has 4 rings (SSSR count). The smallest absolute Gasteiger partial charge is 0.258 e. The molecule has 0 saturated carbocycles. The first-order valence-corrected chi connectivity index (χ1v) is 14.8. The molecule has 0 bridgehead atoms. The molecule has 1 aliphatic rings. The van der Waals surface area contributed by atoms with Crippen LogP contribution in [0.5, 0.6) is 5.75 Å². The van der Waals surface area contributed by atoms with E-state index in [1.807, 2.05) is 24.8 Å². The van der Waals surface area contributed by atoms with E-state index in [9.17, 15) is 20.3 Å². The van der Waals surface area contributed by atoms with Crippen LogP contribution in [-0.4, -0.2) is 81.1 Å². The fourth-order valence-corrected chi connectivity index (χ4v) is 4.26. The molecule has 0 fully saturated rings. The van der Waals surface area contributed by atoms with Crippen molar-refractivity contribution >= 4 is 28.5 Å². The molecule has 10 nitrogen and oxygen atoms in total. The first kappa shape index (κ1) is 30.5. The maximum atomic E-state index is 12.3. The predicted molar refractivity (Wildman–Crippen MR) is 156 cm³/mol. The molecular weight excluding hydrogens is 613 g/mol. The van der Waals surface area contributed by atoms with E-state index in [4.69, 9.17) is 9.26 Å². The predicted octanol–water partition coefficient (Wildman–Crippen LogP) is 2.98. The zero-order chi connectivity index (χ0) is 28.4. The number of hydrogen-bond donors (Lipinski definition) is 3. The summed E-state index contributed by atoms with van der Waals surface area (Å²) in [4.78, 5) is 20.8. The number of nitriles is 1. The minimum atomic E-state index is -0.642. The Morgan fingerprint density at radius 2 is 1.82 bits per heavy atom. The van der Waals surface area contributed by atoms with Gasteiger partial charge in [0.1, 0.15) is 11.8 Å². The molecule has 1 amide bonds. The van der Waals surface area contributed by atoms with Crippen molar-refractivity contribution in [3.8, 4) is 34.7 Å². The lowest BCUT2D eigenvalue weighted by molar-refractivity contribution is -0.123. The molecule has 0 saturated heterocycles. The van der Waals surface area contributed by atoms with Crippen molar-refractivity contribution in [3.63, 3.8) is 0 Å². The van der Waals surface area contributed by atoms with Gasteiger partial charge in [-0.3, -0.25) is 9.69 Å². The van der Waals surface area contributed by atoms with Gasteiger partial charge in [0, 0.05) is 24.2 Å². The second kappa shape index (κ2) is 14.9. The number of fused-ring (bicyclic) bond motifs is 1. The second-order valence-electron chi connectivity index (χ2n) is 9.30. The number of carbonyl (C=O) groups excluding carboxylic acids is 1. The quantitative estimate of drug-likeness (QED) is 0.236. The molecule has 0 atom stereocenters. The Balaban J connectivity index is 0.00000205. The molecule has 1 aromatic heterocycles. The molecule has 3 aromatic rings. The van der Waals surface area contributed by atoms with Crippen molar-refractivity contribution in [3.05, 3.63) is 53.1 Å². The third kappa shape index (κ3) is 8.22. The standard InChI is InChI=1S/C27H31N5O5.CH3I/c1-17(2)36-24-6-5-21(12-22(24)13-28)27-30-26(31-37-27)20-4-3-18-7-9-32(10-8-19(18)11-20)14-25(35)29-23(15-33)16-34;1-2/h3-6,11-12,17,23,33-34H,7-10,14-16H2,1-2H3,(H,29,35);1H3. The normalized spacial score (nSPS) is 13.2. The zero-order valence-corrected chi connectivity index (χ0v) is 24.5. The summed E-state index contributed by atoms with van der Waals surface area (Å²) >= 11 is 2.15. The van der Waals surface area contributed by atoms with Crippen LogP contribution in [0.4, 0.5) is 0 Å². The summed E-state index contributed by atoms with van der Waals surface area (Å²) in [5, 5.41) is 34.6. The molecule has 1 aliphatic heterocycles. The molecule has 0 radical (unpaired) electrons. The van der Waals surface area contributed by atoms with Crippen LogP contribution in [0.15, 0.2) is 40.9 Å². The first-order valence-electron chi connectivity index (χ1n) is 12.7. The van der Waals surface area contributed by atoms with Crippen LogP contribution >= 0.6 is 22.6 Å². The summed E-state index contributed by atoms with van der Waals surface area (Å²) < 4.78 is 11.2. The number of hydrogen-bond acceptors (Lipinski definition) is 9. The average molecular weight is 648 g/mol. The Kier molecular flexibility index (Phi) is 11.7. The molecule has 3 N–H and O–H groups in total. The van der Waals surface area contributed by atoms with Crippen molar-refractivity contribution < 1.29 is 24.3 Å². The number of amides is 1. The summed E-state index contributed by atoms with van der Waals surface area (Å²) in [5.74, 6) is 1.07. The number of halogens is 1. The minimum Gasteiger partial charge on any atom is -0.490 e. The summed E-state index contributed by atoms with van der Waals surface area (Å²) in [5.41, 5.74) is 4.24. The number of aromatic nitrogens is 2. The number of carbonyl (C=O) groups is 1. The first-order chi connectivity index (χ1) is 18.9. The molecule has 39 heavy (non-hydrogen) atoms. The molecule has 0 spiro atoms. The summed E-state index contributed by atoms with van der Waals surface area (Å²) in [6.07, 6.45) is 1.51. The lowest BCUT2D eigenvalue weighted by Gasteiger charge is -2.21. The Morgan fingerprint density at radius 3 is 2.49 bits per heavy atom. The number of benzene rings is 2. The number of ether oxygens (including phenoxy) is 1. The Labute approximate surface area is 242 Å². The fraction of sp³-hybridized carbons (Fsp3) is 0.429. The van der Waals surface area contributed by atoms with Gasteiger partial charge in [0.2, 0.25) is 11.7 Å². The molecule has 0 unspecified atom stereocenters. The highest BCUT2D eigenvalue weighted by Gasteiger charge is 2.20. The molecule has 2 aromatic carbocycles. The van der Waals surface area contributed by atoms with Gasteiger partial charge in [-0.15, -0.1) is 0 Å². The third-order valence-corrected chi connectivity index (χ3v) is 6.17. The van der Waals surface area contributed by atoms with E-state index in [1.54, 1.807) is 18.2 Å². The molecule has 11 heteroatoms. The van der Waals surface area contributed by atoms with Gasteiger partial charge in [-0.05, 0) is 67.0 Å². The topological polar surface area (TPSA) is 145 Å². The summed E-state index contributed by atoms with van der Waals surface area (Å²) in [6, 6.07) is 12.8. The maximum Gasteiger partial charge on any atom is 0.258 e. The Morgan fingerprint density at radius 1 is 1.13 bits per heavy atom. The van der Waals surface area contributed by atoms with Gasteiger partial charge in [0.25, 0.3) is 5.89 Å². The van der Waals surface area contributed by atoms with E-state index in [-0.39, 0.29) is 31.8 Å². The van der Waals surface area contributed by atoms with Gasteiger partial charge < -0.3 is 24.8 Å². The number of rotatable bonds is 9. The van der Waals surface area contributed by atoms with Crippen LogP contribution < -0.4 is 10.1 Å². The molecular formula is C28H34IN5O5.